The van der Waals surface area contributed by atoms with Crippen LogP contribution >= 0.6 is 36.2 Å². The van der Waals surface area contributed by atoms with Crippen molar-refractivity contribution < 1.29 is 0 Å². The lowest BCUT2D eigenvalue weighted by atomic mass is 9.97. The maximum atomic E-state index is 4.43. The van der Waals surface area contributed by atoms with Crippen LogP contribution in [-0.4, -0.2) is 31.6 Å². The number of anilines is 1. The van der Waals surface area contributed by atoms with E-state index in [2.05, 4.69) is 36.4 Å². The summed E-state index contributed by atoms with van der Waals surface area (Å²) in [5.74, 6) is 0. The van der Waals surface area contributed by atoms with E-state index in [1.54, 1.807) is 5.51 Å². The number of aromatic nitrogens is 4. The molecule has 138 valence electrons. The molecule has 0 aromatic carbocycles. The molecule has 0 saturated heterocycles. The van der Waals surface area contributed by atoms with Crippen molar-refractivity contribution >= 4 is 41.3 Å². The number of fused-ring (bicyclic) bond motifs is 1. The van der Waals surface area contributed by atoms with E-state index in [9.17, 15) is 0 Å². The third-order valence-electron chi connectivity index (χ3n) is 4.21. The highest BCUT2D eigenvalue weighted by Gasteiger charge is 2.19. The van der Waals surface area contributed by atoms with Crippen molar-refractivity contribution in [1.29, 1.82) is 0 Å². The van der Waals surface area contributed by atoms with E-state index in [1.165, 1.54) is 28.0 Å². The van der Waals surface area contributed by atoms with Crippen molar-refractivity contribution in [2.75, 3.05) is 11.9 Å². The Kier molecular flexibility index (Phi) is 7.71. The van der Waals surface area contributed by atoms with Gasteiger partial charge in [0.25, 0.3) is 0 Å². The van der Waals surface area contributed by atoms with Crippen molar-refractivity contribution in [2.45, 2.75) is 26.1 Å². The number of hydrogen-bond acceptors (Lipinski definition) is 7. The first-order valence-electron chi connectivity index (χ1n) is 7.95. The fraction of sp³-hybridized carbons (Fsp3) is 0.294. The van der Waals surface area contributed by atoms with E-state index in [0.29, 0.717) is 0 Å². The van der Waals surface area contributed by atoms with Crippen LogP contribution in [0.4, 0.5) is 5.13 Å². The van der Waals surface area contributed by atoms with Gasteiger partial charge in [0.05, 0.1) is 5.69 Å². The fourth-order valence-electron chi connectivity index (χ4n) is 3.06. The van der Waals surface area contributed by atoms with Gasteiger partial charge in [0.2, 0.25) is 5.13 Å². The molecule has 3 aromatic heterocycles. The van der Waals surface area contributed by atoms with Gasteiger partial charge < -0.3 is 5.32 Å². The van der Waals surface area contributed by atoms with Gasteiger partial charge in [-0.25, -0.2) is 0 Å². The average molecular weight is 411 g/mol. The van der Waals surface area contributed by atoms with Gasteiger partial charge in [0.1, 0.15) is 5.51 Å². The minimum atomic E-state index is 0. The Balaban J connectivity index is 0.00000121. The first-order valence-corrected chi connectivity index (χ1v) is 8.83. The first kappa shape index (κ1) is 20.5. The third-order valence-corrected chi connectivity index (χ3v) is 4.86. The Morgan fingerprint density at radius 2 is 2.12 bits per heavy atom. The normalized spacial score (nSPS) is 13.2. The van der Waals surface area contributed by atoms with Gasteiger partial charge in [-0.15, -0.1) is 35.0 Å². The van der Waals surface area contributed by atoms with Crippen LogP contribution < -0.4 is 5.32 Å². The highest BCUT2D eigenvalue weighted by Crippen LogP contribution is 2.23. The summed E-state index contributed by atoms with van der Waals surface area (Å²) in [6.07, 6.45) is 6.85. The third kappa shape index (κ3) is 4.88. The predicted octanol–water partition coefficient (Wildman–Crippen LogP) is 3.34. The highest BCUT2D eigenvalue weighted by molar-refractivity contribution is 7.13. The largest absolute Gasteiger partial charge is 0.356 e. The first-order chi connectivity index (χ1) is 11.9. The fourth-order valence-corrected chi connectivity index (χ4v) is 3.50. The van der Waals surface area contributed by atoms with Gasteiger partial charge in [-0.05, 0) is 35.2 Å². The Hall–Kier alpha value is -1.80. The second kappa shape index (κ2) is 9.78. The molecule has 4 heterocycles. The number of nitrogens with zero attached hydrogens (tertiary/aromatic N) is 5. The molecule has 0 atom stereocenters. The molecule has 4 rings (SSSR count). The van der Waals surface area contributed by atoms with Gasteiger partial charge in [-0.2, -0.15) is 0 Å². The van der Waals surface area contributed by atoms with Crippen molar-refractivity contribution in [3.63, 3.8) is 0 Å². The second-order valence-corrected chi connectivity index (χ2v) is 6.65. The van der Waals surface area contributed by atoms with Crippen molar-refractivity contribution in [2.24, 2.45) is 0 Å². The number of rotatable bonds is 5. The Morgan fingerprint density at radius 3 is 2.88 bits per heavy atom. The summed E-state index contributed by atoms with van der Waals surface area (Å²) in [7, 11) is 0. The number of hydrogen-bond donors (Lipinski definition) is 1. The average Bonchev–Trinajstić information content (AvgIpc) is 3.14. The summed E-state index contributed by atoms with van der Waals surface area (Å²) in [5, 5.41) is 12.0. The van der Waals surface area contributed by atoms with E-state index in [0.717, 1.165) is 43.4 Å². The molecular formula is C17H20Cl2N6S. The van der Waals surface area contributed by atoms with Crippen molar-refractivity contribution in [3.05, 3.63) is 64.7 Å². The van der Waals surface area contributed by atoms with Gasteiger partial charge in [0.15, 0.2) is 0 Å². The van der Waals surface area contributed by atoms with Crippen LogP contribution in [0.1, 0.15) is 22.4 Å². The zero-order valence-electron chi connectivity index (χ0n) is 14.0. The van der Waals surface area contributed by atoms with E-state index in [1.807, 2.05) is 30.7 Å². The summed E-state index contributed by atoms with van der Waals surface area (Å²) in [4.78, 5) is 11.3. The molecular weight excluding hydrogens is 391 g/mol. The van der Waals surface area contributed by atoms with Crippen LogP contribution in [0.15, 0.2) is 42.3 Å². The maximum absolute atomic E-state index is 4.43. The summed E-state index contributed by atoms with van der Waals surface area (Å²) < 4.78 is 0. The quantitative estimate of drug-likeness (QED) is 0.695. The molecule has 0 spiro atoms. The molecule has 1 N–H and O–H groups in total. The van der Waals surface area contributed by atoms with Gasteiger partial charge in [-0.3, -0.25) is 14.9 Å². The molecule has 0 amide bonds. The maximum Gasteiger partial charge on any atom is 0.205 e. The van der Waals surface area contributed by atoms with E-state index in [-0.39, 0.29) is 24.8 Å². The molecule has 1 aliphatic rings. The van der Waals surface area contributed by atoms with Gasteiger partial charge in [-0.1, -0.05) is 17.4 Å². The Labute approximate surface area is 168 Å². The lowest BCUT2D eigenvalue weighted by molar-refractivity contribution is 0.242. The second-order valence-electron chi connectivity index (χ2n) is 5.82. The molecule has 26 heavy (non-hydrogen) atoms. The zero-order chi connectivity index (χ0) is 16.2. The Morgan fingerprint density at radius 1 is 1.19 bits per heavy atom. The van der Waals surface area contributed by atoms with E-state index < -0.39 is 0 Å². The van der Waals surface area contributed by atoms with Crippen LogP contribution in [0, 0.1) is 0 Å². The monoisotopic (exact) mass is 410 g/mol. The SMILES string of the molecule is Cl.Cl.c1ccc(CN2CCc3c(CNc4nncs4)cncc3C2)nc1. The molecule has 0 bridgehead atoms. The molecule has 3 aromatic rings. The van der Waals surface area contributed by atoms with Crippen molar-refractivity contribution in [3.8, 4) is 0 Å². The van der Waals surface area contributed by atoms with Crippen LogP contribution in [0.2, 0.25) is 0 Å². The lowest BCUT2D eigenvalue weighted by Gasteiger charge is -2.29. The van der Waals surface area contributed by atoms with Gasteiger partial charge in [0, 0.05) is 44.8 Å². The smallest absolute Gasteiger partial charge is 0.205 e. The van der Waals surface area contributed by atoms with Crippen LogP contribution in [0.3, 0.4) is 0 Å². The highest BCUT2D eigenvalue weighted by atomic mass is 35.5. The molecule has 0 radical (unpaired) electrons. The predicted molar refractivity (Wildman–Crippen MR) is 108 cm³/mol. The van der Waals surface area contributed by atoms with E-state index in [4.69, 9.17) is 0 Å². The number of nitrogens with one attached hydrogen (secondary N) is 1. The molecule has 9 heteroatoms. The molecule has 6 nitrogen and oxygen atoms in total. The standard InChI is InChI=1S/C17H18N6S.2ClH/c1-2-5-19-15(3-1)11-23-6-4-16-13(7-18-8-14(16)10-23)9-20-17-22-21-12-24-17;;/h1-3,5,7-8,12H,4,6,9-11H2,(H,20,22);2*1H. The van der Waals surface area contributed by atoms with Gasteiger partial charge >= 0.3 is 0 Å². The molecule has 0 unspecified atom stereocenters. The Bertz CT molecular complexity index is 800. The molecule has 0 saturated carbocycles. The summed E-state index contributed by atoms with van der Waals surface area (Å²) >= 11 is 1.51. The minimum absolute atomic E-state index is 0. The van der Waals surface area contributed by atoms with Crippen LogP contribution in [0.5, 0.6) is 0 Å². The number of pyridine rings is 2. The van der Waals surface area contributed by atoms with Crippen molar-refractivity contribution in [1.82, 2.24) is 25.1 Å². The van der Waals surface area contributed by atoms with E-state index >= 15 is 0 Å². The summed E-state index contributed by atoms with van der Waals surface area (Å²) in [6.45, 7) is 3.59. The molecule has 0 fully saturated rings. The molecule has 0 aliphatic carbocycles. The summed E-state index contributed by atoms with van der Waals surface area (Å²) in [5.41, 5.74) is 6.83. The summed E-state index contributed by atoms with van der Waals surface area (Å²) in [6, 6.07) is 6.07. The lowest BCUT2D eigenvalue weighted by Crippen LogP contribution is -2.31. The molecule has 1 aliphatic heterocycles. The number of halogens is 2. The van der Waals surface area contributed by atoms with Crippen LogP contribution in [0.25, 0.3) is 0 Å². The minimum Gasteiger partial charge on any atom is -0.356 e. The van der Waals surface area contributed by atoms with Crippen LogP contribution in [-0.2, 0) is 26.1 Å². The topological polar surface area (TPSA) is 66.8 Å². The zero-order valence-corrected chi connectivity index (χ0v) is 16.5.